The Morgan fingerprint density at radius 2 is 1.78 bits per heavy atom. The summed E-state index contributed by atoms with van der Waals surface area (Å²) >= 11 is 0. The lowest BCUT2D eigenvalue weighted by Crippen LogP contribution is -2.52. The first-order chi connectivity index (χ1) is 17.4. The van der Waals surface area contributed by atoms with E-state index in [0.717, 1.165) is 24.0 Å². The maximum Gasteiger partial charge on any atom is 0.329 e. The molecule has 1 aliphatic rings. The molecule has 1 amide bonds. The van der Waals surface area contributed by atoms with Crippen LogP contribution in [0.5, 0.6) is 0 Å². The molecular weight excluding hydrogens is 454 g/mol. The fraction of sp³-hybridized carbons (Fsp3) is 0.241. The van der Waals surface area contributed by atoms with E-state index in [0.29, 0.717) is 30.8 Å². The number of carbonyl (C=O) groups excluding carboxylic acids is 2. The molecule has 4 rings (SSSR count). The van der Waals surface area contributed by atoms with Gasteiger partial charge in [-0.15, -0.1) is 0 Å². The van der Waals surface area contributed by atoms with E-state index < -0.39 is 17.4 Å². The lowest BCUT2D eigenvalue weighted by atomic mass is 9.97. The van der Waals surface area contributed by atoms with Gasteiger partial charge in [-0.25, -0.2) is 9.78 Å². The van der Waals surface area contributed by atoms with Crippen LogP contribution in [0.2, 0.25) is 0 Å². The molecule has 36 heavy (non-hydrogen) atoms. The normalized spacial score (nSPS) is 14.9. The van der Waals surface area contributed by atoms with E-state index in [-0.39, 0.29) is 11.5 Å². The second-order valence-electron chi connectivity index (χ2n) is 9.05. The van der Waals surface area contributed by atoms with E-state index in [2.05, 4.69) is 10.3 Å². The van der Waals surface area contributed by atoms with Crippen molar-refractivity contribution in [1.29, 1.82) is 0 Å². The number of amides is 1. The van der Waals surface area contributed by atoms with Crippen LogP contribution in [-0.4, -0.2) is 37.9 Å². The maximum atomic E-state index is 12.7. The first kappa shape index (κ1) is 24.9. The van der Waals surface area contributed by atoms with Crippen LogP contribution in [0.1, 0.15) is 63.5 Å². The number of aromatic nitrogens is 2. The summed E-state index contributed by atoms with van der Waals surface area (Å²) in [6.45, 7) is 2.47. The Labute approximate surface area is 210 Å². The summed E-state index contributed by atoms with van der Waals surface area (Å²) < 4.78 is 1.84. The van der Waals surface area contributed by atoms with Crippen molar-refractivity contribution in [2.24, 2.45) is 0 Å². The minimum absolute atomic E-state index is 0.0926. The standard InChI is InChI=1S/C29H29N3O4/c1-21-11-13-22(14-12-21)15-16-26(33)25-10-6-20-32(25)19-5-8-23-7-4-9-24(30-23)27(34)31-29(28(35)36)17-2-3-18-29/h4-16,20H,2-3,17-19H2,1H3,(H,31,34)(H,35,36)/b8-5+,16-15+. The fourth-order valence-electron chi connectivity index (χ4n) is 4.34. The minimum Gasteiger partial charge on any atom is -0.480 e. The summed E-state index contributed by atoms with van der Waals surface area (Å²) in [7, 11) is 0. The smallest absolute Gasteiger partial charge is 0.329 e. The second kappa shape index (κ2) is 11.0. The van der Waals surface area contributed by atoms with Gasteiger partial charge in [-0.2, -0.15) is 0 Å². The van der Waals surface area contributed by atoms with Crippen molar-refractivity contribution in [3.05, 3.63) is 101 Å². The lowest BCUT2D eigenvalue weighted by Gasteiger charge is -2.25. The molecule has 0 aliphatic heterocycles. The predicted molar refractivity (Wildman–Crippen MR) is 139 cm³/mol. The van der Waals surface area contributed by atoms with Crippen LogP contribution in [-0.2, 0) is 11.3 Å². The quantitative estimate of drug-likeness (QED) is 0.332. The number of carboxylic acids is 1. The summed E-state index contributed by atoms with van der Waals surface area (Å²) in [6, 6.07) is 16.6. The molecule has 2 heterocycles. The van der Waals surface area contributed by atoms with Crippen LogP contribution in [0.4, 0.5) is 0 Å². The highest BCUT2D eigenvalue weighted by molar-refractivity contribution is 6.05. The van der Waals surface area contributed by atoms with Gasteiger partial charge in [0.25, 0.3) is 5.91 Å². The fourth-order valence-corrected chi connectivity index (χ4v) is 4.34. The van der Waals surface area contributed by atoms with E-state index >= 15 is 0 Å². The summed E-state index contributed by atoms with van der Waals surface area (Å²) in [5, 5.41) is 12.3. The van der Waals surface area contributed by atoms with Crippen LogP contribution in [0, 0.1) is 6.92 Å². The van der Waals surface area contributed by atoms with Crippen LogP contribution >= 0.6 is 0 Å². The first-order valence-electron chi connectivity index (χ1n) is 12.0. The highest BCUT2D eigenvalue weighted by Gasteiger charge is 2.42. The number of pyridine rings is 1. The van der Waals surface area contributed by atoms with E-state index in [1.165, 1.54) is 0 Å². The minimum atomic E-state index is -1.21. The first-order valence-corrected chi connectivity index (χ1v) is 12.0. The molecule has 2 aromatic heterocycles. The number of ketones is 1. The van der Waals surface area contributed by atoms with Crippen LogP contribution in [0.25, 0.3) is 12.2 Å². The molecule has 0 spiro atoms. The van der Waals surface area contributed by atoms with E-state index in [9.17, 15) is 19.5 Å². The number of hydrogen-bond donors (Lipinski definition) is 2. The van der Waals surface area contributed by atoms with Gasteiger partial charge in [0.15, 0.2) is 0 Å². The van der Waals surface area contributed by atoms with Gasteiger partial charge in [0, 0.05) is 12.7 Å². The molecule has 7 nitrogen and oxygen atoms in total. The van der Waals surface area contributed by atoms with E-state index in [1.807, 2.05) is 54.1 Å². The van der Waals surface area contributed by atoms with Gasteiger partial charge in [0.1, 0.15) is 11.2 Å². The molecule has 0 bridgehead atoms. The largest absolute Gasteiger partial charge is 0.480 e. The summed E-state index contributed by atoms with van der Waals surface area (Å²) in [5.74, 6) is -1.59. The Hall–Kier alpha value is -4.26. The summed E-state index contributed by atoms with van der Waals surface area (Å²) in [4.78, 5) is 41.5. The third kappa shape index (κ3) is 5.86. The van der Waals surface area contributed by atoms with Crippen molar-refractivity contribution < 1.29 is 19.5 Å². The van der Waals surface area contributed by atoms with E-state index in [4.69, 9.17) is 0 Å². The second-order valence-corrected chi connectivity index (χ2v) is 9.05. The molecule has 3 aromatic rings. The third-order valence-corrected chi connectivity index (χ3v) is 6.40. The third-order valence-electron chi connectivity index (χ3n) is 6.40. The molecule has 1 aliphatic carbocycles. The van der Waals surface area contributed by atoms with Crippen molar-refractivity contribution in [2.75, 3.05) is 0 Å². The zero-order valence-electron chi connectivity index (χ0n) is 20.2. The highest BCUT2D eigenvalue weighted by atomic mass is 16.4. The highest BCUT2D eigenvalue weighted by Crippen LogP contribution is 2.30. The van der Waals surface area contributed by atoms with Crippen molar-refractivity contribution in [2.45, 2.75) is 44.7 Å². The Balaban J connectivity index is 1.40. The van der Waals surface area contributed by atoms with Gasteiger partial charge in [-0.1, -0.05) is 60.9 Å². The number of rotatable bonds is 9. The number of carboxylic acid groups (broad SMARTS) is 1. The Bertz CT molecular complexity index is 1310. The molecule has 2 N–H and O–H groups in total. The maximum absolute atomic E-state index is 12.7. The molecule has 7 heteroatoms. The van der Waals surface area contributed by atoms with Gasteiger partial charge < -0.3 is 15.0 Å². The number of aliphatic carboxylic acids is 1. The summed E-state index contributed by atoms with van der Waals surface area (Å²) in [6.07, 6.45) is 11.2. The number of benzene rings is 1. The molecular formula is C29H29N3O4. The molecule has 0 atom stereocenters. The zero-order valence-corrected chi connectivity index (χ0v) is 20.2. The van der Waals surface area contributed by atoms with Gasteiger partial charge in [0.2, 0.25) is 5.78 Å². The number of allylic oxidation sites excluding steroid dienone is 2. The topological polar surface area (TPSA) is 101 Å². The average molecular weight is 484 g/mol. The Kier molecular flexibility index (Phi) is 7.59. The molecule has 184 valence electrons. The van der Waals surface area contributed by atoms with Crippen LogP contribution in [0.3, 0.4) is 0 Å². The van der Waals surface area contributed by atoms with Crippen molar-refractivity contribution in [1.82, 2.24) is 14.9 Å². The van der Waals surface area contributed by atoms with Crippen LogP contribution < -0.4 is 5.32 Å². The lowest BCUT2D eigenvalue weighted by molar-refractivity contribution is -0.144. The number of hydrogen-bond acceptors (Lipinski definition) is 4. The number of carbonyl (C=O) groups is 3. The van der Waals surface area contributed by atoms with Gasteiger partial charge >= 0.3 is 5.97 Å². The molecule has 0 saturated heterocycles. The van der Waals surface area contributed by atoms with Gasteiger partial charge in [0.05, 0.1) is 11.4 Å². The van der Waals surface area contributed by atoms with Crippen molar-refractivity contribution >= 4 is 29.8 Å². The number of nitrogens with one attached hydrogen (secondary N) is 1. The van der Waals surface area contributed by atoms with E-state index in [1.54, 1.807) is 42.5 Å². The van der Waals surface area contributed by atoms with Crippen LogP contribution in [0.15, 0.2) is 72.9 Å². The van der Waals surface area contributed by atoms with Crippen molar-refractivity contribution in [3.63, 3.8) is 0 Å². The van der Waals surface area contributed by atoms with Gasteiger partial charge in [-0.3, -0.25) is 9.59 Å². The molecule has 1 saturated carbocycles. The Morgan fingerprint density at radius 3 is 2.50 bits per heavy atom. The monoisotopic (exact) mass is 483 g/mol. The molecule has 1 aromatic carbocycles. The number of aryl methyl sites for hydroxylation is 1. The predicted octanol–water partition coefficient (Wildman–Crippen LogP) is 4.93. The summed E-state index contributed by atoms with van der Waals surface area (Å²) in [5.41, 5.74) is 2.22. The average Bonchev–Trinajstić information content (AvgIpc) is 3.54. The molecule has 1 fully saturated rings. The Morgan fingerprint density at radius 1 is 1.03 bits per heavy atom. The zero-order chi connectivity index (χ0) is 25.5. The van der Waals surface area contributed by atoms with Gasteiger partial charge in [-0.05, 0) is 61.7 Å². The molecule has 0 radical (unpaired) electrons. The van der Waals surface area contributed by atoms with Crippen molar-refractivity contribution in [3.8, 4) is 0 Å². The SMILES string of the molecule is Cc1ccc(/C=C/C(=O)c2cccn2C/C=C/c2cccc(C(=O)NC3(C(=O)O)CCCC3)n2)cc1. The number of nitrogens with zero attached hydrogens (tertiary/aromatic N) is 2. The molecule has 0 unspecified atom stereocenters.